The zero-order valence-electron chi connectivity index (χ0n) is 18.3. The Kier molecular flexibility index (Phi) is 4.51. The summed E-state index contributed by atoms with van der Waals surface area (Å²) in [5.41, 5.74) is 0.0733. The van der Waals surface area contributed by atoms with Crippen molar-refractivity contribution < 1.29 is 9.90 Å². The van der Waals surface area contributed by atoms with Gasteiger partial charge < -0.3 is 5.11 Å². The molecule has 0 radical (unpaired) electrons. The number of carbonyl (C=O) groups is 1. The van der Waals surface area contributed by atoms with Crippen molar-refractivity contribution in [1.82, 2.24) is 14.8 Å². The summed E-state index contributed by atoms with van der Waals surface area (Å²) in [6, 6.07) is 0. The molecular formula is C24H37N3O2. The standard InChI is InChI=1S/C24H37N3O2/c1-22(29)10-11-23(2)16(12-22)4-5-17-18-6-7-20(24(18,3)9-8-19(17)23)21(28)13-27-15-25-14-26-27/h14-20,29H,4-13H2,1-3H3/t16-,17-,18-,19-,20+,22+,23-,24-/m0/s1. The number of rotatable bonds is 3. The second-order valence-electron chi connectivity index (χ2n) is 11.6. The van der Waals surface area contributed by atoms with E-state index in [1.165, 1.54) is 44.9 Å². The summed E-state index contributed by atoms with van der Waals surface area (Å²) in [5.74, 6) is 3.43. The lowest BCUT2D eigenvalue weighted by molar-refractivity contribution is -0.151. The molecule has 4 aliphatic carbocycles. The first kappa shape index (κ1) is 19.7. The normalized spacial score (nSPS) is 49.2. The molecule has 29 heavy (non-hydrogen) atoms. The molecule has 1 aromatic rings. The molecule has 5 rings (SSSR count). The third-order valence-corrected chi connectivity index (χ3v) is 10.1. The van der Waals surface area contributed by atoms with Gasteiger partial charge in [-0.1, -0.05) is 13.8 Å². The first-order valence-electron chi connectivity index (χ1n) is 11.8. The van der Waals surface area contributed by atoms with E-state index in [-0.39, 0.29) is 11.3 Å². The summed E-state index contributed by atoms with van der Waals surface area (Å²) in [7, 11) is 0. The molecule has 5 heteroatoms. The van der Waals surface area contributed by atoms with Crippen molar-refractivity contribution in [2.24, 2.45) is 40.4 Å². The second-order valence-corrected chi connectivity index (χ2v) is 11.6. The quantitative estimate of drug-likeness (QED) is 0.825. The smallest absolute Gasteiger partial charge is 0.157 e. The van der Waals surface area contributed by atoms with Crippen molar-refractivity contribution in [1.29, 1.82) is 0 Å². The SMILES string of the molecule is C[C@@]1(O)CC[C@@]2(C)[C@@H](CC[C@@H]3[C@@H]2CC[C@]2(C)[C@@H](C(=O)Cn4cncn4)CC[C@@H]32)C1. The lowest BCUT2D eigenvalue weighted by Crippen LogP contribution is -2.55. The molecule has 0 amide bonds. The summed E-state index contributed by atoms with van der Waals surface area (Å²) >= 11 is 0. The van der Waals surface area contributed by atoms with Crippen LogP contribution in [0, 0.1) is 40.4 Å². The number of fused-ring (bicyclic) bond motifs is 5. The number of carbonyl (C=O) groups excluding carboxylic acids is 1. The van der Waals surface area contributed by atoms with Gasteiger partial charge in [-0.15, -0.1) is 0 Å². The zero-order chi connectivity index (χ0) is 20.4. The third kappa shape index (κ3) is 3.02. The maximum atomic E-state index is 13.2. The fourth-order valence-corrected chi connectivity index (χ4v) is 8.54. The lowest BCUT2D eigenvalue weighted by atomic mass is 9.44. The molecule has 0 unspecified atom stereocenters. The van der Waals surface area contributed by atoms with Crippen molar-refractivity contribution in [3.8, 4) is 0 Å². The summed E-state index contributed by atoms with van der Waals surface area (Å²) in [6.45, 7) is 7.37. The van der Waals surface area contributed by atoms with E-state index in [2.05, 4.69) is 23.9 Å². The minimum Gasteiger partial charge on any atom is -0.390 e. The van der Waals surface area contributed by atoms with Gasteiger partial charge in [-0.25, -0.2) is 9.67 Å². The molecule has 160 valence electrons. The third-order valence-electron chi connectivity index (χ3n) is 10.1. The van der Waals surface area contributed by atoms with Crippen molar-refractivity contribution in [3.63, 3.8) is 0 Å². The Labute approximate surface area is 174 Å². The Morgan fingerprint density at radius 3 is 2.59 bits per heavy atom. The molecule has 5 nitrogen and oxygen atoms in total. The van der Waals surface area contributed by atoms with E-state index in [1.807, 2.05) is 6.92 Å². The Morgan fingerprint density at radius 1 is 1.03 bits per heavy atom. The van der Waals surface area contributed by atoms with Crippen LogP contribution in [0.25, 0.3) is 0 Å². The Morgan fingerprint density at radius 2 is 1.83 bits per heavy atom. The fraction of sp³-hybridized carbons (Fsp3) is 0.875. The summed E-state index contributed by atoms with van der Waals surface area (Å²) in [4.78, 5) is 17.2. The highest BCUT2D eigenvalue weighted by molar-refractivity contribution is 5.82. The summed E-state index contributed by atoms with van der Waals surface area (Å²) in [5, 5.41) is 14.8. The van der Waals surface area contributed by atoms with Crippen LogP contribution in [0.5, 0.6) is 0 Å². The molecule has 4 saturated carbocycles. The van der Waals surface area contributed by atoms with E-state index in [0.29, 0.717) is 29.6 Å². The monoisotopic (exact) mass is 399 g/mol. The summed E-state index contributed by atoms with van der Waals surface area (Å²) in [6.07, 6.45) is 13.5. The van der Waals surface area contributed by atoms with Crippen molar-refractivity contribution >= 4 is 5.78 Å². The fourth-order valence-electron chi connectivity index (χ4n) is 8.54. The molecule has 4 fully saturated rings. The number of nitrogens with zero attached hydrogens (tertiary/aromatic N) is 3. The first-order valence-corrected chi connectivity index (χ1v) is 11.8. The molecule has 0 aliphatic heterocycles. The molecule has 1 N–H and O–H groups in total. The average molecular weight is 400 g/mol. The van der Waals surface area contributed by atoms with E-state index in [9.17, 15) is 9.90 Å². The lowest BCUT2D eigenvalue weighted by Gasteiger charge is -2.61. The highest BCUT2D eigenvalue weighted by Gasteiger charge is 2.61. The van der Waals surface area contributed by atoms with Crippen molar-refractivity contribution in [2.45, 2.75) is 90.7 Å². The van der Waals surface area contributed by atoms with Crippen LogP contribution in [0.3, 0.4) is 0 Å². The Bertz CT molecular complexity index is 775. The predicted molar refractivity (Wildman–Crippen MR) is 111 cm³/mol. The summed E-state index contributed by atoms with van der Waals surface area (Å²) < 4.78 is 1.69. The molecule has 0 spiro atoms. The number of aromatic nitrogens is 3. The van der Waals surface area contributed by atoms with Crippen LogP contribution in [0.4, 0.5) is 0 Å². The van der Waals surface area contributed by atoms with Gasteiger partial charge in [-0.05, 0) is 99.2 Å². The van der Waals surface area contributed by atoms with Gasteiger partial charge in [-0.2, -0.15) is 5.10 Å². The van der Waals surface area contributed by atoms with E-state index in [4.69, 9.17) is 0 Å². The van der Waals surface area contributed by atoms with Gasteiger partial charge in [0.05, 0.1) is 5.60 Å². The van der Waals surface area contributed by atoms with Crippen molar-refractivity contribution in [3.05, 3.63) is 12.7 Å². The highest BCUT2D eigenvalue weighted by atomic mass is 16.3. The van der Waals surface area contributed by atoms with Gasteiger partial charge in [0.15, 0.2) is 5.78 Å². The predicted octanol–water partition coefficient (Wildman–Crippen LogP) is 4.26. The minimum atomic E-state index is -0.466. The largest absolute Gasteiger partial charge is 0.390 e. The van der Waals surface area contributed by atoms with Crippen LogP contribution in [-0.4, -0.2) is 31.3 Å². The van der Waals surface area contributed by atoms with Gasteiger partial charge in [0.1, 0.15) is 19.2 Å². The highest BCUT2D eigenvalue weighted by Crippen LogP contribution is 2.68. The van der Waals surface area contributed by atoms with E-state index >= 15 is 0 Å². The number of aliphatic hydroxyl groups is 1. The van der Waals surface area contributed by atoms with Crippen molar-refractivity contribution in [2.75, 3.05) is 0 Å². The molecule has 0 saturated heterocycles. The molecular weight excluding hydrogens is 362 g/mol. The Balaban J connectivity index is 1.36. The van der Waals surface area contributed by atoms with Crippen LogP contribution in [-0.2, 0) is 11.3 Å². The van der Waals surface area contributed by atoms with Crippen LogP contribution in [0.2, 0.25) is 0 Å². The van der Waals surface area contributed by atoms with Crippen LogP contribution in [0.15, 0.2) is 12.7 Å². The Hall–Kier alpha value is -1.23. The van der Waals surface area contributed by atoms with Crippen LogP contribution < -0.4 is 0 Å². The number of hydrogen-bond acceptors (Lipinski definition) is 4. The van der Waals surface area contributed by atoms with E-state index in [1.54, 1.807) is 11.0 Å². The molecule has 8 atom stereocenters. The van der Waals surface area contributed by atoms with Gasteiger partial charge in [0.2, 0.25) is 0 Å². The second kappa shape index (κ2) is 6.63. The zero-order valence-corrected chi connectivity index (χ0v) is 18.3. The maximum Gasteiger partial charge on any atom is 0.157 e. The van der Waals surface area contributed by atoms with Crippen LogP contribution in [0.1, 0.15) is 78.6 Å². The molecule has 0 aromatic carbocycles. The van der Waals surface area contributed by atoms with Gasteiger partial charge in [-0.3, -0.25) is 4.79 Å². The molecule has 0 bridgehead atoms. The topological polar surface area (TPSA) is 68.0 Å². The minimum absolute atomic E-state index is 0.155. The van der Waals surface area contributed by atoms with Crippen LogP contribution >= 0.6 is 0 Å². The van der Waals surface area contributed by atoms with Gasteiger partial charge in [0.25, 0.3) is 0 Å². The van der Waals surface area contributed by atoms with Gasteiger partial charge >= 0.3 is 0 Å². The maximum absolute atomic E-state index is 13.2. The first-order chi connectivity index (χ1) is 13.7. The van der Waals surface area contributed by atoms with E-state index < -0.39 is 5.60 Å². The average Bonchev–Trinajstić information content (AvgIpc) is 3.29. The van der Waals surface area contributed by atoms with E-state index in [0.717, 1.165) is 31.1 Å². The number of ketones is 1. The molecule has 1 heterocycles. The molecule has 1 aromatic heterocycles. The molecule has 4 aliphatic rings. The number of hydrogen-bond donors (Lipinski definition) is 1. The number of Topliss-reactive ketones (excluding diaryl/α,β-unsaturated/α-hetero) is 1. The van der Waals surface area contributed by atoms with Gasteiger partial charge in [0, 0.05) is 5.92 Å².